The van der Waals surface area contributed by atoms with E-state index in [0.29, 0.717) is 19.3 Å². The molecule has 0 heterocycles. The quantitative estimate of drug-likeness (QED) is 0.0348. The summed E-state index contributed by atoms with van der Waals surface area (Å²) >= 11 is 0. The lowest BCUT2D eigenvalue weighted by molar-refractivity contribution is -0.167. The molecule has 0 aromatic carbocycles. The lowest BCUT2D eigenvalue weighted by Gasteiger charge is -2.18. The normalized spacial score (nSPS) is 12.6. The van der Waals surface area contributed by atoms with Crippen LogP contribution in [0.4, 0.5) is 0 Å². The van der Waals surface area contributed by atoms with Crippen LogP contribution in [-0.2, 0) is 28.6 Å². The van der Waals surface area contributed by atoms with E-state index in [9.17, 15) is 14.4 Å². The van der Waals surface area contributed by atoms with E-state index >= 15 is 0 Å². The number of carbonyl (C=O) groups excluding carboxylic acids is 3. The molecule has 332 valence electrons. The van der Waals surface area contributed by atoms with Crippen LogP contribution in [-0.4, -0.2) is 37.2 Å². The van der Waals surface area contributed by atoms with Crippen molar-refractivity contribution in [1.29, 1.82) is 0 Å². The van der Waals surface area contributed by atoms with Crippen LogP contribution in [0.25, 0.3) is 0 Å². The molecule has 0 aliphatic carbocycles. The summed E-state index contributed by atoms with van der Waals surface area (Å²) < 4.78 is 16.8. The first-order chi connectivity index (χ1) is 27.1. The second-order valence-electron chi connectivity index (χ2n) is 18.3. The number of carbonyl (C=O) groups is 3. The van der Waals surface area contributed by atoms with E-state index in [-0.39, 0.29) is 31.1 Å². The zero-order valence-corrected chi connectivity index (χ0v) is 38.4. The molecule has 0 saturated carbocycles. The lowest BCUT2D eigenvalue weighted by Crippen LogP contribution is -2.30. The van der Waals surface area contributed by atoms with Crippen molar-refractivity contribution < 1.29 is 28.6 Å². The van der Waals surface area contributed by atoms with E-state index in [2.05, 4.69) is 41.5 Å². The molecule has 6 heteroatoms. The van der Waals surface area contributed by atoms with Crippen molar-refractivity contribution >= 4 is 17.9 Å². The van der Waals surface area contributed by atoms with Gasteiger partial charge in [-0.05, 0) is 37.0 Å². The van der Waals surface area contributed by atoms with E-state index in [1.807, 2.05) is 0 Å². The first-order valence-electron chi connectivity index (χ1n) is 24.6. The average Bonchev–Trinajstić information content (AvgIpc) is 3.16. The van der Waals surface area contributed by atoms with Crippen LogP contribution in [0.2, 0.25) is 0 Å². The van der Waals surface area contributed by atoms with Crippen LogP contribution in [0.15, 0.2) is 0 Å². The zero-order valence-electron chi connectivity index (χ0n) is 38.4. The van der Waals surface area contributed by atoms with Gasteiger partial charge in [-0.3, -0.25) is 14.4 Å². The van der Waals surface area contributed by atoms with Crippen LogP contribution < -0.4 is 0 Å². The maximum atomic E-state index is 12.7. The molecule has 0 spiro atoms. The Morgan fingerprint density at radius 3 is 0.929 bits per heavy atom. The molecule has 2 atom stereocenters. The van der Waals surface area contributed by atoms with Gasteiger partial charge in [-0.1, -0.05) is 228 Å². The minimum absolute atomic E-state index is 0.0657. The van der Waals surface area contributed by atoms with Crippen molar-refractivity contribution in [2.24, 2.45) is 17.8 Å². The van der Waals surface area contributed by atoms with Gasteiger partial charge < -0.3 is 14.2 Å². The molecule has 0 rings (SSSR count). The largest absolute Gasteiger partial charge is 0.462 e. The number of ether oxygens (including phenoxy) is 3. The number of unbranched alkanes of at least 4 members (excludes halogenated alkanes) is 25. The van der Waals surface area contributed by atoms with Crippen molar-refractivity contribution in [1.82, 2.24) is 0 Å². The maximum absolute atomic E-state index is 12.7. The second kappa shape index (κ2) is 41.6. The van der Waals surface area contributed by atoms with Crippen LogP contribution in [0.1, 0.15) is 266 Å². The Bertz CT molecular complexity index is 870. The lowest BCUT2D eigenvalue weighted by atomic mass is 9.99. The highest BCUT2D eigenvalue weighted by atomic mass is 16.6. The topological polar surface area (TPSA) is 78.9 Å². The predicted octanol–water partition coefficient (Wildman–Crippen LogP) is 15.6. The van der Waals surface area contributed by atoms with Gasteiger partial charge in [0.1, 0.15) is 13.2 Å². The Morgan fingerprint density at radius 2 is 0.625 bits per heavy atom. The highest BCUT2D eigenvalue weighted by molar-refractivity contribution is 5.71. The summed E-state index contributed by atoms with van der Waals surface area (Å²) in [5.41, 5.74) is 0. The van der Waals surface area contributed by atoms with Gasteiger partial charge in [0.05, 0.1) is 0 Å². The number of esters is 3. The third-order valence-electron chi connectivity index (χ3n) is 11.5. The van der Waals surface area contributed by atoms with Crippen molar-refractivity contribution in [2.45, 2.75) is 272 Å². The minimum Gasteiger partial charge on any atom is -0.462 e. The molecule has 0 bridgehead atoms. The van der Waals surface area contributed by atoms with Gasteiger partial charge in [0.25, 0.3) is 0 Å². The summed E-state index contributed by atoms with van der Waals surface area (Å²) in [7, 11) is 0. The van der Waals surface area contributed by atoms with Crippen molar-refractivity contribution in [3.8, 4) is 0 Å². The Morgan fingerprint density at radius 1 is 0.357 bits per heavy atom. The SMILES string of the molecule is CCC(C)CCCCCCCCCCC(=O)O[C@H](COC(=O)CCCCCCCCCCCCCCC(C)C)COC(=O)CCCCCCCCCCC(C)C. The van der Waals surface area contributed by atoms with Gasteiger partial charge in [-0.25, -0.2) is 0 Å². The van der Waals surface area contributed by atoms with Gasteiger partial charge in [-0.15, -0.1) is 0 Å². The number of hydrogen-bond acceptors (Lipinski definition) is 6. The van der Waals surface area contributed by atoms with Gasteiger partial charge in [-0.2, -0.15) is 0 Å². The van der Waals surface area contributed by atoms with Crippen LogP contribution in [0, 0.1) is 17.8 Å². The summed E-state index contributed by atoms with van der Waals surface area (Å²) in [5.74, 6) is 1.62. The molecule has 56 heavy (non-hydrogen) atoms. The third kappa shape index (κ3) is 42.0. The summed E-state index contributed by atoms with van der Waals surface area (Å²) in [4.78, 5) is 37.8. The predicted molar refractivity (Wildman–Crippen MR) is 238 cm³/mol. The van der Waals surface area contributed by atoms with Crippen LogP contribution in [0.3, 0.4) is 0 Å². The molecule has 0 aliphatic rings. The van der Waals surface area contributed by atoms with Crippen molar-refractivity contribution in [3.63, 3.8) is 0 Å². The van der Waals surface area contributed by atoms with Gasteiger partial charge in [0.2, 0.25) is 0 Å². The molecule has 0 aliphatic heterocycles. The monoisotopic (exact) mass is 793 g/mol. The summed E-state index contributed by atoms with van der Waals surface area (Å²) in [6.45, 7) is 13.7. The molecular weight excluding hydrogens is 697 g/mol. The molecule has 0 aromatic rings. The first kappa shape index (κ1) is 54.4. The maximum Gasteiger partial charge on any atom is 0.306 e. The third-order valence-corrected chi connectivity index (χ3v) is 11.5. The Labute approximate surface area is 348 Å². The van der Waals surface area contributed by atoms with Crippen molar-refractivity contribution in [3.05, 3.63) is 0 Å². The summed E-state index contributed by atoms with van der Waals surface area (Å²) in [6, 6.07) is 0. The molecule has 0 fully saturated rings. The van der Waals surface area contributed by atoms with E-state index in [1.54, 1.807) is 0 Å². The fourth-order valence-electron chi connectivity index (χ4n) is 7.38. The van der Waals surface area contributed by atoms with E-state index < -0.39 is 6.10 Å². The molecule has 0 N–H and O–H groups in total. The molecule has 1 unspecified atom stereocenters. The zero-order chi connectivity index (χ0) is 41.3. The minimum atomic E-state index is -0.762. The van der Waals surface area contributed by atoms with E-state index in [4.69, 9.17) is 14.2 Å². The van der Waals surface area contributed by atoms with E-state index in [0.717, 1.165) is 75.5 Å². The fourth-order valence-corrected chi connectivity index (χ4v) is 7.38. The van der Waals surface area contributed by atoms with Crippen molar-refractivity contribution in [2.75, 3.05) is 13.2 Å². The van der Waals surface area contributed by atoms with Crippen LogP contribution in [0.5, 0.6) is 0 Å². The Balaban J connectivity index is 4.33. The van der Waals surface area contributed by atoms with Gasteiger partial charge in [0.15, 0.2) is 6.10 Å². The molecule has 0 amide bonds. The first-order valence-corrected chi connectivity index (χ1v) is 24.6. The van der Waals surface area contributed by atoms with Gasteiger partial charge >= 0.3 is 17.9 Å². The highest BCUT2D eigenvalue weighted by Crippen LogP contribution is 2.18. The standard InChI is InChI=1S/C50H96O6/c1-7-46(6)38-32-26-20-15-17-23-29-35-41-50(53)56-47(43-55-49(52)40-34-28-22-16-14-19-25-31-37-45(4)5)42-54-48(51)39-33-27-21-13-11-9-8-10-12-18-24-30-36-44(2)3/h44-47H,7-43H2,1-6H3/t46?,47-/m1/s1. The summed E-state index contributed by atoms with van der Waals surface area (Å²) in [6.07, 6.45) is 39.4. The average molecular weight is 793 g/mol. The smallest absolute Gasteiger partial charge is 0.306 e. The highest BCUT2D eigenvalue weighted by Gasteiger charge is 2.19. The Hall–Kier alpha value is -1.59. The fraction of sp³-hybridized carbons (Fsp3) is 0.940. The molecule has 0 radical (unpaired) electrons. The summed E-state index contributed by atoms with van der Waals surface area (Å²) in [5, 5.41) is 0. The van der Waals surface area contributed by atoms with Gasteiger partial charge in [0, 0.05) is 19.3 Å². The molecule has 0 aromatic heterocycles. The number of hydrogen-bond donors (Lipinski definition) is 0. The van der Waals surface area contributed by atoms with E-state index in [1.165, 1.54) is 148 Å². The molecular formula is C50H96O6. The second-order valence-corrected chi connectivity index (χ2v) is 18.3. The van der Waals surface area contributed by atoms with Crippen LogP contribution >= 0.6 is 0 Å². The molecule has 0 saturated heterocycles. The Kier molecular flexibility index (Phi) is 40.4. The number of rotatable bonds is 43. The molecule has 6 nitrogen and oxygen atoms in total.